The van der Waals surface area contributed by atoms with Crippen molar-refractivity contribution in [3.63, 3.8) is 0 Å². The number of rotatable bonds is 6. The number of nitrogens with zero attached hydrogens (tertiary/aromatic N) is 1. The second-order valence-corrected chi connectivity index (χ2v) is 7.19. The Balaban J connectivity index is 1.58. The first-order chi connectivity index (χ1) is 13.7. The van der Waals surface area contributed by atoms with Crippen LogP contribution in [0.15, 0.2) is 42.5 Å². The van der Waals surface area contributed by atoms with Crippen LogP contribution in [-0.4, -0.2) is 46.9 Å². The second kappa shape index (κ2) is 7.90. The van der Waals surface area contributed by atoms with Gasteiger partial charge in [-0.15, -0.1) is 0 Å². The summed E-state index contributed by atoms with van der Waals surface area (Å²) in [7, 11) is 0. The summed E-state index contributed by atoms with van der Waals surface area (Å²) in [6, 6.07) is 12.5. The second-order valence-electron chi connectivity index (χ2n) is 7.19. The summed E-state index contributed by atoms with van der Waals surface area (Å²) in [5, 5.41) is 7.26. The zero-order valence-electron chi connectivity index (χ0n) is 16.5. The molecule has 2 atom stereocenters. The standard InChI is InChI=1S/C21H23N3O5/c1-4-21(3)19(27)24(20(28)23-21)12-17(25)29-13(2)18(26)22-16-10-9-14-7-5-6-8-15(14)11-16/h5-11,13H,4,12H2,1-3H3,(H,22,26)(H,23,28)/t13-,21+/m1/s1. The van der Waals surface area contributed by atoms with Gasteiger partial charge in [-0.25, -0.2) is 4.79 Å². The highest BCUT2D eigenvalue weighted by molar-refractivity contribution is 6.08. The molecule has 0 aliphatic carbocycles. The van der Waals surface area contributed by atoms with Crippen molar-refractivity contribution < 1.29 is 23.9 Å². The van der Waals surface area contributed by atoms with E-state index < -0.39 is 42.0 Å². The summed E-state index contributed by atoms with van der Waals surface area (Å²) in [5.41, 5.74) is -0.458. The molecule has 2 N–H and O–H groups in total. The minimum absolute atomic E-state index is 0.397. The topological polar surface area (TPSA) is 105 Å². The summed E-state index contributed by atoms with van der Waals surface area (Å²) < 4.78 is 5.11. The molecule has 1 aliphatic rings. The summed E-state index contributed by atoms with van der Waals surface area (Å²) >= 11 is 0. The number of fused-ring (bicyclic) bond motifs is 1. The number of esters is 1. The number of carbonyl (C=O) groups excluding carboxylic acids is 4. The molecular weight excluding hydrogens is 374 g/mol. The van der Waals surface area contributed by atoms with Crippen molar-refractivity contribution in [3.05, 3.63) is 42.5 Å². The molecule has 29 heavy (non-hydrogen) atoms. The number of imide groups is 1. The molecule has 2 aromatic rings. The van der Waals surface area contributed by atoms with E-state index in [-0.39, 0.29) is 0 Å². The van der Waals surface area contributed by atoms with Crippen molar-refractivity contribution in [2.24, 2.45) is 0 Å². The minimum Gasteiger partial charge on any atom is -0.451 e. The van der Waals surface area contributed by atoms with Gasteiger partial charge in [0.1, 0.15) is 12.1 Å². The smallest absolute Gasteiger partial charge is 0.327 e. The Morgan fingerprint density at radius 1 is 1.17 bits per heavy atom. The maximum Gasteiger partial charge on any atom is 0.327 e. The number of ether oxygens (including phenoxy) is 1. The molecular formula is C21H23N3O5. The van der Waals surface area contributed by atoms with E-state index in [0.717, 1.165) is 15.7 Å². The van der Waals surface area contributed by atoms with Crippen LogP contribution in [0.2, 0.25) is 0 Å². The molecule has 1 saturated heterocycles. The van der Waals surface area contributed by atoms with Gasteiger partial charge in [0.15, 0.2) is 6.10 Å². The lowest BCUT2D eigenvalue weighted by Crippen LogP contribution is -2.44. The molecule has 0 saturated carbocycles. The Bertz CT molecular complexity index is 989. The third kappa shape index (κ3) is 4.21. The Kier molecular flexibility index (Phi) is 5.54. The third-order valence-corrected chi connectivity index (χ3v) is 5.03. The molecule has 0 bridgehead atoms. The van der Waals surface area contributed by atoms with Gasteiger partial charge in [0.25, 0.3) is 11.8 Å². The van der Waals surface area contributed by atoms with Crippen molar-refractivity contribution in [2.75, 3.05) is 11.9 Å². The number of hydrogen-bond acceptors (Lipinski definition) is 5. The van der Waals surface area contributed by atoms with Crippen LogP contribution in [0.3, 0.4) is 0 Å². The highest BCUT2D eigenvalue weighted by Crippen LogP contribution is 2.21. The third-order valence-electron chi connectivity index (χ3n) is 5.03. The van der Waals surface area contributed by atoms with Crippen LogP contribution in [0.4, 0.5) is 10.5 Å². The molecule has 1 fully saturated rings. The van der Waals surface area contributed by atoms with Gasteiger partial charge in [-0.05, 0) is 43.2 Å². The number of urea groups is 1. The van der Waals surface area contributed by atoms with Gasteiger partial charge < -0.3 is 15.4 Å². The van der Waals surface area contributed by atoms with E-state index in [1.807, 2.05) is 36.4 Å². The van der Waals surface area contributed by atoms with E-state index in [0.29, 0.717) is 12.1 Å². The molecule has 1 aliphatic heterocycles. The molecule has 0 aromatic heterocycles. The van der Waals surface area contributed by atoms with Crippen LogP contribution < -0.4 is 10.6 Å². The SMILES string of the molecule is CC[C@]1(C)NC(=O)N(CC(=O)O[C@H](C)C(=O)Nc2ccc3ccccc3c2)C1=O. The minimum atomic E-state index is -1.09. The van der Waals surface area contributed by atoms with E-state index in [9.17, 15) is 19.2 Å². The van der Waals surface area contributed by atoms with Crippen molar-refractivity contribution in [1.29, 1.82) is 0 Å². The molecule has 1 heterocycles. The lowest BCUT2D eigenvalue weighted by molar-refractivity contribution is -0.155. The van der Waals surface area contributed by atoms with Gasteiger partial charge in [-0.1, -0.05) is 37.3 Å². The van der Waals surface area contributed by atoms with Gasteiger partial charge in [-0.2, -0.15) is 0 Å². The number of carbonyl (C=O) groups is 4. The molecule has 8 nitrogen and oxygen atoms in total. The average Bonchev–Trinajstić information content (AvgIpc) is 2.91. The molecule has 8 heteroatoms. The summed E-state index contributed by atoms with van der Waals surface area (Å²) in [6.45, 7) is 4.24. The maximum atomic E-state index is 12.4. The normalized spacial score (nSPS) is 19.8. The van der Waals surface area contributed by atoms with Crippen LogP contribution in [0.1, 0.15) is 27.2 Å². The van der Waals surface area contributed by atoms with Crippen LogP contribution >= 0.6 is 0 Å². The summed E-state index contributed by atoms with van der Waals surface area (Å²) in [5.74, 6) is -1.84. The predicted molar refractivity (Wildman–Crippen MR) is 107 cm³/mol. The molecule has 3 rings (SSSR count). The van der Waals surface area contributed by atoms with Crippen LogP contribution in [0.25, 0.3) is 10.8 Å². The molecule has 0 spiro atoms. The van der Waals surface area contributed by atoms with Crippen molar-refractivity contribution in [1.82, 2.24) is 10.2 Å². The van der Waals surface area contributed by atoms with Gasteiger partial charge >= 0.3 is 12.0 Å². The van der Waals surface area contributed by atoms with Crippen LogP contribution in [-0.2, 0) is 19.1 Å². The number of hydrogen-bond donors (Lipinski definition) is 2. The van der Waals surface area contributed by atoms with Crippen LogP contribution in [0, 0.1) is 0 Å². The first kappa shape index (κ1) is 20.3. The number of anilines is 1. The zero-order chi connectivity index (χ0) is 21.2. The zero-order valence-corrected chi connectivity index (χ0v) is 16.5. The molecule has 2 aromatic carbocycles. The maximum absolute atomic E-state index is 12.4. The first-order valence-corrected chi connectivity index (χ1v) is 9.37. The van der Waals surface area contributed by atoms with Gasteiger partial charge in [0.05, 0.1) is 0 Å². The van der Waals surface area contributed by atoms with Gasteiger partial charge in [-0.3, -0.25) is 19.3 Å². The number of nitrogens with one attached hydrogen (secondary N) is 2. The Morgan fingerprint density at radius 3 is 2.52 bits per heavy atom. The fraction of sp³-hybridized carbons (Fsp3) is 0.333. The average molecular weight is 397 g/mol. The number of amides is 4. The predicted octanol–water partition coefficient (Wildman–Crippen LogP) is 2.43. The molecule has 152 valence electrons. The van der Waals surface area contributed by atoms with E-state index in [2.05, 4.69) is 10.6 Å². The Labute approximate surface area is 168 Å². The Morgan fingerprint density at radius 2 is 1.86 bits per heavy atom. The highest BCUT2D eigenvalue weighted by atomic mass is 16.5. The lowest BCUT2D eigenvalue weighted by Gasteiger charge is -2.19. The van der Waals surface area contributed by atoms with Crippen molar-refractivity contribution >= 4 is 40.3 Å². The molecule has 0 radical (unpaired) electrons. The van der Waals surface area contributed by atoms with E-state index in [1.165, 1.54) is 6.92 Å². The lowest BCUT2D eigenvalue weighted by atomic mass is 9.99. The van der Waals surface area contributed by atoms with E-state index >= 15 is 0 Å². The Hall–Kier alpha value is -3.42. The van der Waals surface area contributed by atoms with Crippen molar-refractivity contribution in [2.45, 2.75) is 38.8 Å². The monoisotopic (exact) mass is 397 g/mol. The van der Waals surface area contributed by atoms with E-state index in [4.69, 9.17) is 4.74 Å². The quantitative estimate of drug-likeness (QED) is 0.575. The molecule has 0 unspecified atom stereocenters. The fourth-order valence-corrected chi connectivity index (χ4v) is 3.06. The molecule has 4 amide bonds. The largest absolute Gasteiger partial charge is 0.451 e. The van der Waals surface area contributed by atoms with Gasteiger partial charge in [0.2, 0.25) is 0 Å². The fourth-order valence-electron chi connectivity index (χ4n) is 3.06. The highest BCUT2D eigenvalue weighted by Gasteiger charge is 2.47. The first-order valence-electron chi connectivity index (χ1n) is 9.37. The summed E-state index contributed by atoms with van der Waals surface area (Å²) in [4.78, 5) is 49.6. The summed E-state index contributed by atoms with van der Waals surface area (Å²) in [6.07, 6.45) is -0.694. The van der Waals surface area contributed by atoms with E-state index in [1.54, 1.807) is 19.9 Å². The van der Waals surface area contributed by atoms with Crippen molar-refractivity contribution in [3.8, 4) is 0 Å². The van der Waals surface area contributed by atoms with Crippen LogP contribution in [0.5, 0.6) is 0 Å². The van der Waals surface area contributed by atoms with Gasteiger partial charge in [0, 0.05) is 5.69 Å². The number of benzene rings is 2.